The Morgan fingerprint density at radius 1 is 0.365 bits per heavy atom. The van der Waals surface area contributed by atoms with Gasteiger partial charge in [-0.15, -0.1) is 0 Å². The summed E-state index contributed by atoms with van der Waals surface area (Å²) in [5.74, 6) is 0. The van der Waals surface area contributed by atoms with Crippen LogP contribution in [0.2, 0.25) is 0 Å². The molecule has 3 aliphatic carbocycles. The summed E-state index contributed by atoms with van der Waals surface area (Å²) in [6.07, 6.45) is 6.99. The minimum atomic E-state index is -0.0434. The van der Waals surface area contributed by atoms with Crippen molar-refractivity contribution in [1.29, 1.82) is 0 Å². The number of anilines is 9. The second-order valence-electron chi connectivity index (χ2n) is 32.8. The van der Waals surface area contributed by atoms with E-state index >= 15 is 0 Å². The van der Waals surface area contributed by atoms with E-state index in [1.165, 1.54) is 142 Å². The fourth-order valence-electron chi connectivity index (χ4n) is 15.9. The van der Waals surface area contributed by atoms with Gasteiger partial charge in [0.2, 0.25) is 0 Å². The molecular weight excluding hydrogens is 1030 g/mol. The first-order valence-corrected chi connectivity index (χ1v) is 32.2. The molecule has 8 aromatic rings. The summed E-state index contributed by atoms with van der Waals surface area (Å²) < 4.78 is 0. The molecule has 0 bridgehead atoms. The van der Waals surface area contributed by atoms with Crippen LogP contribution in [0.5, 0.6) is 0 Å². The lowest BCUT2D eigenvalue weighted by atomic mass is 9.33. The van der Waals surface area contributed by atoms with Crippen LogP contribution in [-0.4, -0.2) is 6.71 Å². The van der Waals surface area contributed by atoms with Gasteiger partial charge in [0.25, 0.3) is 6.71 Å². The zero-order chi connectivity index (χ0) is 60.5. The van der Waals surface area contributed by atoms with Crippen molar-refractivity contribution in [3.63, 3.8) is 0 Å². The molecular formula is C81H94BN3. The SMILES string of the molecule is Cc1cc2c3c(c1)N(c1ccc(C(C)(C)C)cc1-c1ccccc1)c1cc4c(cc1B3c1ccc(N(c3ccc5c(c3)C(C)(C)CCC5(C)C)c3ccc5c(c3)C(C)(C)CCC5(C)C)cc1N2c1ccc(C(C)(C)C)cc1)C(C)(C)CCC4(C)C. The van der Waals surface area contributed by atoms with Gasteiger partial charge in [-0.3, -0.25) is 0 Å². The van der Waals surface area contributed by atoms with E-state index in [-0.39, 0.29) is 50.0 Å². The van der Waals surface area contributed by atoms with Gasteiger partial charge in [-0.2, -0.15) is 0 Å². The Balaban J connectivity index is 1.12. The Morgan fingerprint density at radius 3 is 1.32 bits per heavy atom. The van der Waals surface area contributed by atoms with Gasteiger partial charge in [0.1, 0.15) is 0 Å². The van der Waals surface area contributed by atoms with Crippen LogP contribution in [-0.2, 0) is 43.3 Å². The normalized spacial score (nSPS) is 19.0. The molecule has 0 unspecified atom stereocenters. The number of benzene rings is 8. The van der Waals surface area contributed by atoms with Crippen molar-refractivity contribution in [3.05, 3.63) is 202 Å². The van der Waals surface area contributed by atoms with Gasteiger partial charge >= 0.3 is 0 Å². The van der Waals surface area contributed by atoms with Gasteiger partial charge in [0, 0.05) is 51.1 Å². The maximum atomic E-state index is 2.70. The molecule has 0 N–H and O–H groups in total. The molecule has 0 saturated heterocycles. The van der Waals surface area contributed by atoms with Crippen LogP contribution < -0.4 is 31.1 Å². The van der Waals surface area contributed by atoms with Gasteiger partial charge in [-0.25, -0.2) is 0 Å². The van der Waals surface area contributed by atoms with Gasteiger partial charge < -0.3 is 14.7 Å². The maximum Gasteiger partial charge on any atom is 0.252 e. The highest BCUT2D eigenvalue weighted by molar-refractivity contribution is 7.00. The molecule has 0 fully saturated rings. The quantitative estimate of drug-likeness (QED) is 0.154. The van der Waals surface area contributed by atoms with Crippen LogP contribution in [0.1, 0.15) is 213 Å². The molecule has 2 aliphatic heterocycles. The van der Waals surface area contributed by atoms with Crippen molar-refractivity contribution in [2.24, 2.45) is 0 Å². The fourth-order valence-corrected chi connectivity index (χ4v) is 15.9. The molecule has 0 spiro atoms. The first-order chi connectivity index (χ1) is 39.8. The first-order valence-electron chi connectivity index (χ1n) is 32.2. The molecule has 4 heteroatoms. The molecule has 5 aliphatic rings. The summed E-state index contributed by atoms with van der Waals surface area (Å²) >= 11 is 0. The Kier molecular flexibility index (Phi) is 12.9. The third kappa shape index (κ3) is 9.35. The summed E-state index contributed by atoms with van der Waals surface area (Å²) in [6, 6.07) is 61.1. The molecule has 436 valence electrons. The minimum absolute atomic E-state index is 0.00159. The largest absolute Gasteiger partial charge is 0.311 e. The number of aryl methyl sites for hydroxylation is 1. The number of nitrogens with zero attached hydrogens (tertiary/aromatic N) is 3. The number of rotatable bonds is 6. The van der Waals surface area contributed by atoms with Crippen molar-refractivity contribution in [2.45, 2.75) is 213 Å². The van der Waals surface area contributed by atoms with Gasteiger partial charge in [-0.05, 0) is 240 Å². The molecule has 2 heterocycles. The summed E-state index contributed by atoms with van der Waals surface area (Å²) in [6.45, 7) is 46.0. The average Bonchev–Trinajstić information content (AvgIpc) is 0.747. The third-order valence-electron chi connectivity index (χ3n) is 21.8. The number of hydrogen-bond acceptors (Lipinski definition) is 3. The minimum Gasteiger partial charge on any atom is -0.311 e. The van der Waals surface area contributed by atoms with Gasteiger partial charge in [0.15, 0.2) is 0 Å². The lowest BCUT2D eigenvalue weighted by molar-refractivity contribution is 0.332. The standard InChI is InChI=1S/C81H94BN3/c1-51-43-71-73-72(44-51)85(68-36-27-54(75(5,6)7)45-59(68)52-23-21-20-22-24-52)70-50-65-64(80(16,17)41-42-81(65,18)19)49-67(70)82(73)66-35-32-58(48-69(66)84(71)55-28-25-53(26-29-55)74(2,3)4)83(56-30-33-60-62(46-56)78(12,13)39-37-76(60,8)9)57-31-34-61-63(47-57)79(14,15)40-38-77(61,10)11/h20-36,43-50H,37-42H2,1-19H3. The molecule has 13 rings (SSSR count). The lowest BCUT2D eigenvalue weighted by Crippen LogP contribution is -2.62. The summed E-state index contributed by atoms with van der Waals surface area (Å²) in [5, 5.41) is 0. The molecule has 0 amide bonds. The van der Waals surface area contributed by atoms with E-state index in [4.69, 9.17) is 0 Å². The number of hydrogen-bond donors (Lipinski definition) is 0. The van der Waals surface area contributed by atoms with Crippen LogP contribution in [0.15, 0.2) is 152 Å². The van der Waals surface area contributed by atoms with E-state index in [0.717, 1.165) is 25.7 Å². The zero-order valence-electron chi connectivity index (χ0n) is 55.1. The van der Waals surface area contributed by atoms with Crippen LogP contribution in [0.3, 0.4) is 0 Å². The van der Waals surface area contributed by atoms with Crippen molar-refractivity contribution in [3.8, 4) is 11.1 Å². The Labute approximate surface area is 512 Å². The third-order valence-corrected chi connectivity index (χ3v) is 21.8. The summed E-state index contributed by atoms with van der Waals surface area (Å²) in [7, 11) is 0. The van der Waals surface area contributed by atoms with Crippen LogP contribution in [0.25, 0.3) is 11.1 Å². The van der Waals surface area contributed by atoms with Crippen LogP contribution in [0.4, 0.5) is 51.2 Å². The monoisotopic (exact) mass is 1120 g/mol. The van der Waals surface area contributed by atoms with E-state index in [0.29, 0.717) is 0 Å². The zero-order valence-corrected chi connectivity index (χ0v) is 55.1. The molecule has 0 aromatic heterocycles. The van der Waals surface area contributed by atoms with Gasteiger partial charge in [-0.1, -0.05) is 197 Å². The number of fused-ring (bicyclic) bond motifs is 7. The smallest absolute Gasteiger partial charge is 0.252 e. The summed E-state index contributed by atoms with van der Waals surface area (Å²) in [4.78, 5) is 7.97. The molecule has 0 atom stereocenters. The van der Waals surface area contributed by atoms with Crippen molar-refractivity contribution >= 4 is 74.3 Å². The van der Waals surface area contributed by atoms with E-state index < -0.39 is 0 Å². The van der Waals surface area contributed by atoms with E-state index in [1.807, 2.05) is 0 Å². The highest BCUT2D eigenvalue weighted by atomic mass is 15.2. The fraction of sp³-hybridized carbons (Fsp3) is 0.407. The van der Waals surface area contributed by atoms with Crippen molar-refractivity contribution in [2.75, 3.05) is 14.7 Å². The Hall–Kier alpha value is -6.78. The average molecular weight is 1120 g/mol. The topological polar surface area (TPSA) is 9.72 Å². The maximum absolute atomic E-state index is 2.70. The van der Waals surface area contributed by atoms with Gasteiger partial charge in [0.05, 0.1) is 5.69 Å². The first kappa shape index (κ1) is 57.3. The highest BCUT2D eigenvalue weighted by Gasteiger charge is 2.48. The van der Waals surface area contributed by atoms with Crippen molar-refractivity contribution < 1.29 is 0 Å². The molecule has 85 heavy (non-hydrogen) atoms. The molecule has 0 saturated carbocycles. The second-order valence-corrected chi connectivity index (χ2v) is 32.8. The van der Waals surface area contributed by atoms with E-state index in [2.05, 4.69) is 298 Å². The van der Waals surface area contributed by atoms with Crippen LogP contribution >= 0.6 is 0 Å². The Bertz CT molecular complexity index is 3920. The molecule has 3 nitrogen and oxygen atoms in total. The molecule has 8 aromatic carbocycles. The highest BCUT2D eigenvalue weighted by Crippen LogP contribution is 2.55. The van der Waals surface area contributed by atoms with E-state index in [1.54, 1.807) is 0 Å². The van der Waals surface area contributed by atoms with Crippen LogP contribution in [0, 0.1) is 6.92 Å². The van der Waals surface area contributed by atoms with Crippen molar-refractivity contribution in [1.82, 2.24) is 0 Å². The predicted octanol–water partition coefficient (Wildman–Crippen LogP) is 20.9. The second kappa shape index (κ2) is 19.1. The molecule has 0 radical (unpaired) electrons. The lowest BCUT2D eigenvalue weighted by Gasteiger charge is -2.48. The van der Waals surface area contributed by atoms with E-state index in [9.17, 15) is 0 Å². The Morgan fingerprint density at radius 2 is 0.800 bits per heavy atom. The summed E-state index contributed by atoms with van der Waals surface area (Å²) in [5.41, 5.74) is 30.6. The predicted molar refractivity (Wildman–Crippen MR) is 369 cm³/mol.